The van der Waals surface area contributed by atoms with Crippen LogP contribution in [0.15, 0.2) is 36.4 Å². The van der Waals surface area contributed by atoms with Crippen molar-refractivity contribution < 1.29 is 17.9 Å². The van der Waals surface area contributed by atoms with Crippen LogP contribution in [-0.2, 0) is 6.42 Å². The molecule has 1 aliphatic rings. The second kappa shape index (κ2) is 10.00. The number of halogens is 3. The molecule has 3 rings (SSSR count). The summed E-state index contributed by atoms with van der Waals surface area (Å²) < 4.78 is 48.2. The lowest BCUT2D eigenvalue weighted by Crippen LogP contribution is -2.15. The van der Waals surface area contributed by atoms with E-state index in [1.54, 1.807) is 31.2 Å². The number of benzene rings is 2. The standard InChI is InChI=1S/C25H29F3O/c1-3-5-19-12-13-20(25(28)24(19)27)11-8-17-6-9-18(10-7-17)22-15-14-21(29-4-2)16-23(22)26/h3,5,12-18H,4,6-11H2,1-2H3/b5-3+. The second-order valence-electron chi connectivity index (χ2n) is 7.81. The van der Waals surface area contributed by atoms with E-state index in [0.717, 1.165) is 37.7 Å². The number of ether oxygens (including phenoxy) is 1. The highest BCUT2D eigenvalue weighted by Gasteiger charge is 2.25. The lowest BCUT2D eigenvalue weighted by Gasteiger charge is -2.29. The molecule has 1 nitrogen and oxygen atoms in total. The topological polar surface area (TPSA) is 9.23 Å². The predicted molar refractivity (Wildman–Crippen MR) is 112 cm³/mol. The zero-order valence-electron chi connectivity index (χ0n) is 17.2. The van der Waals surface area contributed by atoms with Gasteiger partial charge in [0, 0.05) is 11.6 Å². The number of aryl methyl sites for hydroxylation is 1. The Labute approximate surface area is 171 Å². The zero-order valence-corrected chi connectivity index (χ0v) is 17.2. The van der Waals surface area contributed by atoms with Gasteiger partial charge in [-0.1, -0.05) is 30.4 Å². The van der Waals surface area contributed by atoms with Gasteiger partial charge in [-0.05, 0) is 81.4 Å². The molecule has 0 spiro atoms. The van der Waals surface area contributed by atoms with Crippen LogP contribution in [0.1, 0.15) is 68.6 Å². The molecule has 4 heteroatoms. The molecule has 1 fully saturated rings. The van der Waals surface area contributed by atoms with Gasteiger partial charge < -0.3 is 4.74 Å². The Morgan fingerprint density at radius 1 is 1.00 bits per heavy atom. The van der Waals surface area contributed by atoms with Gasteiger partial charge in [-0.3, -0.25) is 0 Å². The highest BCUT2D eigenvalue weighted by molar-refractivity contribution is 5.50. The largest absolute Gasteiger partial charge is 0.494 e. The molecule has 0 amide bonds. The van der Waals surface area contributed by atoms with Gasteiger partial charge in [0.2, 0.25) is 0 Å². The third-order valence-electron chi connectivity index (χ3n) is 5.93. The SMILES string of the molecule is C/C=C/c1ccc(CCC2CCC(c3ccc(OCC)cc3F)CC2)c(F)c1F. The number of rotatable bonds is 7. The molecule has 2 aromatic rings. The fourth-order valence-corrected chi connectivity index (χ4v) is 4.32. The summed E-state index contributed by atoms with van der Waals surface area (Å²) in [6.07, 6.45) is 8.45. The molecule has 2 aromatic carbocycles. The quantitative estimate of drug-likeness (QED) is 0.467. The first-order valence-corrected chi connectivity index (χ1v) is 10.5. The Hall–Kier alpha value is -2.23. The average molecular weight is 403 g/mol. The summed E-state index contributed by atoms with van der Waals surface area (Å²) in [6, 6.07) is 8.48. The van der Waals surface area contributed by atoms with E-state index in [4.69, 9.17) is 4.74 Å². The Morgan fingerprint density at radius 2 is 1.76 bits per heavy atom. The summed E-state index contributed by atoms with van der Waals surface area (Å²) in [5.74, 6) is -0.442. The molecule has 0 aromatic heterocycles. The van der Waals surface area contributed by atoms with Crippen LogP contribution in [0, 0.1) is 23.4 Å². The van der Waals surface area contributed by atoms with Crippen LogP contribution in [0.25, 0.3) is 6.08 Å². The first-order chi connectivity index (χ1) is 14.0. The van der Waals surface area contributed by atoms with E-state index in [-0.39, 0.29) is 17.3 Å². The minimum absolute atomic E-state index is 0.196. The van der Waals surface area contributed by atoms with Crippen molar-refractivity contribution in [1.29, 1.82) is 0 Å². The van der Waals surface area contributed by atoms with Crippen LogP contribution in [-0.4, -0.2) is 6.61 Å². The molecule has 0 radical (unpaired) electrons. The van der Waals surface area contributed by atoms with Gasteiger partial charge in [-0.25, -0.2) is 13.2 Å². The molecule has 1 aliphatic carbocycles. The van der Waals surface area contributed by atoms with Gasteiger partial charge >= 0.3 is 0 Å². The molecule has 0 saturated heterocycles. The maximum absolute atomic E-state index is 14.4. The van der Waals surface area contributed by atoms with Crippen molar-refractivity contribution in [3.8, 4) is 5.75 Å². The van der Waals surface area contributed by atoms with E-state index in [9.17, 15) is 13.2 Å². The molecule has 29 heavy (non-hydrogen) atoms. The third-order valence-corrected chi connectivity index (χ3v) is 5.93. The molecule has 1 saturated carbocycles. The van der Waals surface area contributed by atoms with Crippen LogP contribution in [0.4, 0.5) is 13.2 Å². The van der Waals surface area contributed by atoms with Gasteiger partial charge in [0.15, 0.2) is 11.6 Å². The van der Waals surface area contributed by atoms with Crippen molar-refractivity contribution in [2.75, 3.05) is 6.61 Å². The van der Waals surface area contributed by atoms with Crippen molar-refractivity contribution in [2.24, 2.45) is 5.92 Å². The van der Waals surface area contributed by atoms with E-state index in [1.807, 2.05) is 19.1 Å². The Kier molecular flexibility index (Phi) is 7.40. The summed E-state index contributed by atoms with van der Waals surface area (Å²) in [5.41, 5.74) is 1.49. The summed E-state index contributed by atoms with van der Waals surface area (Å²) in [5, 5.41) is 0. The minimum atomic E-state index is -0.768. The van der Waals surface area contributed by atoms with E-state index in [1.165, 1.54) is 6.07 Å². The maximum Gasteiger partial charge on any atom is 0.166 e. The van der Waals surface area contributed by atoms with Crippen molar-refractivity contribution in [2.45, 2.75) is 58.3 Å². The van der Waals surface area contributed by atoms with E-state index in [0.29, 0.717) is 30.3 Å². The first kappa shape index (κ1) is 21.5. The summed E-state index contributed by atoms with van der Waals surface area (Å²) >= 11 is 0. The second-order valence-corrected chi connectivity index (χ2v) is 7.81. The van der Waals surface area contributed by atoms with Crippen molar-refractivity contribution in [3.63, 3.8) is 0 Å². The van der Waals surface area contributed by atoms with Crippen LogP contribution in [0.2, 0.25) is 0 Å². The highest BCUT2D eigenvalue weighted by Crippen LogP contribution is 2.39. The molecule has 0 atom stereocenters. The van der Waals surface area contributed by atoms with E-state index < -0.39 is 11.6 Å². The molecule has 0 heterocycles. The Bertz CT molecular complexity index is 851. The molecule has 0 aliphatic heterocycles. The van der Waals surface area contributed by atoms with Gasteiger partial charge in [-0.2, -0.15) is 0 Å². The van der Waals surface area contributed by atoms with E-state index >= 15 is 0 Å². The van der Waals surface area contributed by atoms with Gasteiger partial charge in [0.1, 0.15) is 11.6 Å². The Balaban J connectivity index is 1.55. The monoisotopic (exact) mass is 402 g/mol. The number of allylic oxidation sites excluding steroid dienone is 1. The summed E-state index contributed by atoms with van der Waals surface area (Å²) in [7, 11) is 0. The van der Waals surface area contributed by atoms with Crippen molar-refractivity contribution in [3.05, 3.63) is 70.5 Å². The van der Waals surface area contributed by atoms with Crippen molar-refractivity contribution >= 4 is 6.08 Å². The molecule has 0 N–H and O–H groups in total. The van der Waals surface area contributed by atoms with E-state index in [2.05, 4.69) is 0 Å². The maximum atomic E-state index is 14.4. The van der Waals surface area contributed by atoms with Gasteiger partial charge in [-0.15, -0.1) is 0 Å². The average Bonchev–Trinajstić information content (AvgIpc) is 2.72. The van der Waals surface area contributed by atoms with Crippen LogP contribution in [0.5, 0.6) is 5.75 Å². The Morgan fingerprint density at radius 3 is 2.41 bits per heavy atom. The predicted octanol–water partition coefficient (Wildman–Crippen LogP) is 7.44. The fourth-order valence-electron chi connectivity index (χ4n) is 4.32. The van der Waals surface area contributed by atoms with Crippen LogP contribution in [0.3, 0.4) is 0 Å². The lowest BCUT2D eigenvalue weighted by atomic mass is 9.76. The molecule has 0 bridgehead atoms. The zero-order chi connectivity index (χ0) is 20.8. The minimum Gasteiger partial charge on any atom is -0.494 e. The number of hydrogen-bond acceptors (Lipinski definition) is 1. The summed E-state index contributed by atoms with van der Waals surface area (Å²) in [6.45, 7) is 4.18. The van der Waals surface area contributed by atoms with Crippen molar-refractivity contribution in [1.82, 2.24) is 0 Å². The van der Waals surface area contributed by atoms with Gasteiger partial charge in [0.05, 0.1) is 6.61 Å². The third kappa shape index (κ3) is 5.23. The molecular formula is C25H29F3O. The van der Waals surface area contributed by atoms with Gasteiger partial charge in [0.25, 0.3) is 0 Å². The van der Waals surface area contributed by atoms with Crippen LogP contribution >= 0.6 is 0 Å². The smallest absolute Gasteiger partial charge is 0.166 e. The molecule has 0 unspecified atom stereocenters. The first-order valence-electron chi connectivity index (χ1n) is 10.5. The molecule has 156 valence electrons. The fraction of sp³-hybridized carbons (Fsp3) is 0.440. The number of hydrogen-bond donors (Lipinski definition) is 0. The summed E-state index contributed by atoms with van der Waals surface area (Å²) in [4.78, 5) is 0. The van der Waals surface area contributed by atoms with Crippen LogP contribution < -0.4 is 4.74 Å². The lowest BCUT2D eigenvalue weighted by molar-refractivity contribution is 0.304. The normalized spacial score (nSPS) is 19.6. The molecular weight excluding hydrogens is 373 g/mol. The highest BCUT2D eigenvalue weighted by atomic mass is 19.2.